The fourth-order valence-corrected chi connectivity index (χ4v) is 3.43. The summed E-state index contributed by atoms with van der Waals surface area (Å²) in [6.45, 7) is 6.11. The fraction of sp³-hybridized carbons (Fsp3) is 0.364. The van der Waals surface area contributed by atoms with E-state index in [1.165, 1.54) is 11.1 Å². The number of halogens is 1. The summed E-state index contributed by atoms with van der Waals surface area (Å²) in [5, 5.41) is 15.6. The van der Waals surface area contributed by atoms with Gasteiger partial charge in [0.2, 0.25) is 0 Å². The monoisotopic (exact) mass is 450 g/mol. The molecule has 1 saturated heterocycles. The van der Waals surface area contributed by atoms with Crippen molar-refractivity contribution >= 4 is 23.5 Å². The Morgan fingerprint density at radius 1 is 0.839 bits per heavy atom. The van der Waals surface area contributed by atoms with E-state index in [-0.39, 0.29) is 0 Å². The van der Waals surface area contributed by atoms with Gasteiger partial charge in [-0.3, -0.25) is 9.80 Å². The molecule has 0 amide bonds. The number of benzene rings is 2. The topological polar surface area (TPSA) is 99.5 Å². The van der Waals surface area contributed by atoms with Crippen molar-refractivity contribution < 1.29 is 29.3 Å². The van der Waals surface area contributed by atoms with Gasteiger partial charge in [0.05, 0.1) is 14.2 Å². The molecular weight excluding hydrogens is 424 g/mol. The number of rotatable bonds is 6. The summed E-state index contributed by atoms with van der Waals surface area (Å²) in [7, 11) is 3.38. The molecule has 0 bridgehead atoms. The third-order valence-electron chi connectivity index (χ3n) is 4.76. The van der Waals surface area contributed by atoms with E-state index in [4.69, 9.17) is 40.9 Å². The fourth-order valence-electron chi connectivity index (χ4n) is 3.21. The van der Waals surface area contributed by atoms with Crippen molar-refractivity contribution in [3.8, 4) is 11.5 Å². The Morgan fingerprint density at radius 2 is 1.32 bits per heavy atom. The predicted molar refractivity (Wildman–Crippen MR) is 117 cm³/mol. The van der Waals surface area contributed by atoms with Crippen molar-refractivity contribution in [3.63, 3.8) is 0 Å². The summed E-state index contributed by atoms with van der Waals surface area (Å²) in [6, 6.07) is 14.2. The average Bonchev–Trinajstić information content (AvgIpc) is 2.75. The van der Waals surface area contributed by atoms with Crippen LogP contribution in [0.5, 0.6) is 11.5 Å². The minimum atomic E-state index is -1.82. The molecule has 1 aliphatic rings. The minimum Gasteiger partial charge on any atom is -0.497 e. The largest absolute Gasteiger partial charge is 0.497 e. The van der Waals surface area contributed by atoms with Crippen molar-refractivity contribution in [2.45, 2.75) is 13.1 Å². The number of methoxy groups -OCH3 is 2. The molecule has 0 spiro atoms. The highest BCUT2D eigenvalue weighted by molar-refractivity contribution is 6.30. The molecule has 0 saturated carbocycles. The van der Waals surface area contributed by atoms with Crippen LogP contribution in [0.4, 0.5) is 0 Å². The summed E-state index contributed by atoms with van der Waals surface area (Å²) < 4.78 is 10.7. The molecule has 0 aromatic heterocycles. The highest BCUT2D eigenvalue weighted by atomic mass is 35.5. The summed E-state index contributed by atoms with van der Waals surface area (Å²) in [5.41, 5.74) is 2.50. The van der Waals surface area contributed by atoms with Crippen molar-refractivity contribution in [1.29, 1.82) is 0 Å². The normalized spacial score (nSPS) is 14.3. The number of carboxylic acids is 2. The van der Waals surface area contributed by atoms with Crippen molar-refractivity contribution in [2.75, 3.05) is 40.4 Å². The van der Waals surface area contributed by atoms with Crippen LogP contribution in [0, 0.1) is 0 Å². The zero-order valence-corrected chi connectivity index (χ0v) is 18.3. The van der Waals surface area contributed by atoms with Gasteiger partial charge in [0.1, 0.15) is 11.5 Å². The second kappa shape index (κ2) is 12.1. The Kier molecular flexibility index (Phi) is 9.58. The van der Waals surface area contributed by atoms with Crippen molar-refractivity contribution in [2.24, 2.45) is 0 Å². The van der Waals surface area contributed by atoms with Gasteiger partial charge >= 0.3 is 11.9 Å². The predicted octanol–water partition coefficient (Wildman–Crippen LogP) is 2.83. The summed E-state index contributed by atoms with van der Waals surface area (Å²) in [6.07, 6.45) is 0. The maximum atomic E-state index is 9.10. The van der Waals surface area contributed by atoms with Gasteiger partial charge in [0, 0.05) is 50.4 Å². The van der Waals surface area contributed by atoms with Gasteiger partial charge in [-0.2, -0.15) is 0 Å². The number of carbonyl (C=O) groups is 2. The highest BCUT2D eigenvalue weighted by Crippen LogP contribution is 2.24. The quantitative estimate of drug-likeness (QED) is 0.648. The summed E-state index contributed by atoms with van der Waals surface area (Å²) >= 11 is 6.08. The molecule has 3 rings (SSSR count). The molecule has 2 aromatic rings. The SMILES string of the molecule is COc1cc(CN2CCN(Cc3cccc(Cl)c3)CC2)cc(OC)c1.O=C(O)C(=O)O. The Hall–Kier alpha value is -2.81. The van der Waals surface area contributed by atoms with Crippen LogP contribution in [0.2, 0.25) is 5.02 Å². The molecule has 9 heteroatoms. The highest BCUT2D eigenvalue weighted by Gasteiger charge is 2.17. The van der Waals surface area contributed by atoms with E-state index in [2.05, 4.69) is 34.1 Å². The maximum Gasteiger partial charge on any atom is 0.414 e. The zero-order chi connectivity index (χ0) is 22.8. The molecule has 0 aliphatic carbocycles. The molecule has 1 fully saturated rings. The molecule has 0 atom stereocenters. The molecule has 1 aliphatic heterocycles. The second-order valence-electron chi connectivity index (χ2n) is 7.01. The van der Waals surface area contributed by atoms with Crippen molar-refractivity contribution in [1.82, 2.24) is 9.80 Å². The Morgan fingerprint density at radius 3 is 1.74 bits per heavy atom. The Labute approximate surface area is 186 Å². The molecule has 2 aromatic carbocycles. The average molecular weight is 451 g/mol. The van der Waals surface area contributed by atoms with Gasteiger partial charge in [0.15, 0.2) is 0 Å². The van der Waals surface area contributed by atoms with E-state index in [9.17, 15) is 0 Å². The second-order valence-corrected chi connectivity index (χ2v) is 7.45. The van der Waals surface area contributed by atoms with Gasteiger partial charge in [-0.1, -0.05) is 23.7 Å². The maximum absolute atomic E-state index is 9.10. The number of aliphatic carboxylic acids is 2. The number of hydrogen-bond donors (Lipinski definition) is 2. The number of piperazine rings is 1. The van der Waals surface area contributed by atoms with E-state index < -0.39 is 11.9 Å². The van der Waals surface area contributed by atoms with Crippen LogP contribution in [-0.4, -0.2) is 72.4 Å². The van der Waals surface area contributed by atoms with Gasteiger partial charge in [0.25, 0.3) is 0 Å². The molecule has 8 nitrogen and oxygen atoms in total. The molecule has 2 N–H and O–H groups in total. The standard InChI is InChI=1S/C20H25ClN2O2.C2H2O4/c1-24-19-11-17(12-20(13-19)25-2)15-23-8-6-22(7-9-23)14-16-4-3-5-18(21)10-16;3-1(4)2(5)6/h3-5,10-13H,6-9,14-15H2,1-2H3;(H,3,4)(H,5,6). The van der Waals surface area contributed by atoms with Gasteiger partial charge in [-0.15, -0.1) is 0 Å². The number of hydrogen-bond acceptors (Lipinski definition) is 6. The van der Waals surface area contributed by atoms with E-state index in [0.29, 0.717) is 0 Å². The molecule has 0 unspecified atom stereocenters. The lowest BCUT2D eigenvalue weighted by atomic mass is 10.1. The molecule has 31 heavy (non-hydrogen) atoms. The third-order valence-corrected chi connectivity index (χ3v) is 5.00. The van der Waals surface area contributed by atoms with Gasteiger partial charge in [-0.05, 0) is 35.4 Å². The molecule has 0 radical (unpaired) electrons. The van der Waals surface area contributed by atoms with Gasteiger partial charge in [-0.25, -0.2) is 9.59 Å². The van der Waals surface area contributed by atoms with Crippen LogP contribution in [0.1, 0.15) is 11.1 Å². The van der Waals surface area contributed by atoms with Crippen LogP contribution < -0.4 is 9.47 Å². The first-order chi connectivity index (χ1) is 14.8. The summed E-state index contributed by atoms with van der Waals surface area (Å²) in [5.74, 6) is -1.96. The first-order valence-electron chi connectivity index (χ1n) is 9.68. The third kappa shape index (κ3) is 8.45. The lowest BCUT2D eigenvalue weighted by Gasteiger charge is -2.34. The molecular formula is C22H27ClN2O6. The number of nitrogens with zero attached hydrogens (tertiary/aromatic N) is 2. The van der Waals surface area contributed by atoms with Crippen molar-refractivity contribution in [3.05, 3.63) is 58.6 Å². The van der Waals surface area contributed by atoms with E-state index >= 15 is 0 Å². The van der Waals surface area contributed by atoms with E-state index in [1.54, 1.807) is 14.2 Å². The smallest absolute Gasteiger partial charge is 0.414 e. The van der Waals surface area contributed by atoms with E-state index in [0.717, 1.165) is 55.8 Å². The molecule has 168 valence electrons. The number of carboxylic acid groups (broad SMARTS) is 2. The Balaban J connectivity index is 0.000000501. The first-order valence-corrected chi connectivity index (χ1v) is 10.1. The van der Waals surface area contributed by atoms with Crippen LogP contribution in [-0.2, 0) is 22.7 Å². The first kappa shape index (κ1) is 24.5. The molecule has 1 heterocycles. The number of ether oxygens (including phenoxy) is 2. The van der Waals surface area contributed by atoms with Crippen LogP contribution >= 0.6 is 11.6 Å². The Bertz CT molecular complexity index is 850. The lowest BCUT2D eigenvalue weighted by molar-refractivity contribution is -0.159. The van der Waals surface area contributed by atoms with Gasteiger partial charge < -0.3 is 19.7 Å². The van der Waals surface area contributed by atoms with Crippen LogP contribution in [0.15, 0.2) is 42.5 Å². The summed E-state index contributed by atoms with van der Waals surface area (Å²) in [4.78, 5) is 23.2. The minimum absolute atomic E-state index is 0.808. The van der Waals surface area contributed by atoms with Crippen LogP contribution in [0.25, 0.3) is 0 Å². The lowest BCUT2D eigenvalue weighted by Crippen LogP contribution is -2.45. The van der Waals surface area contributed by atoms with Crippen LogP contribution in [0.3, 0.4) is 0 Å². The zero-order valence-electron chi connectivity index (χ0n) is 17.6. The van der Waals surface area contributed by atoms with E-state index in [1.807, 2.05) is 18.2 Å².